The summed E-state index contributed by atoms with van der Waals surface area (Å²) in [5.74, 6) is 0.409. The minimum Gasteiger partial charge on any atom is -0.508 e. The molecule has 44 heavy (non-hydrogen) atoms. The van der Waals surface area contributed by atoms with Gasteiger partial charge in [0.15, 0.2) is 0 Å². The fourth-order valence-corrected chi connectivity index (χ4v) is 11.7. The number of hydrogen-bond acceptors (Lipinski definition) is 4. The molecule has 8 unspecified atom stereocenters. The number of carbonyl (C=O) groups excluding carboxylic acids is 1. The minimum absolute atomic E-state index is 0.00735. The van der Waals surface area contributed by atoms with Crippen LogP contribution in [0.4, 0.5) is 0 Å². The number of aliphatic carboxylic acids is 1. The van der Waals surface area contributed by atoms with Gasteiger partial charge in [-0.25, -0.2) is 4.79 Å². The molecule has 1 aromatic carbocycles. The van der Waals surface area contributed by atoms with Gasteiger partial charge in [0.1, 0.15) is 11.9 Å². The third-order valence-electron chi connectivity index (χ3n) is 14.6. The maximum absolute atomic E-state index is 13.0. The lowest BCUT2D eigenvalue weighted by Crippen LogP contribution is -2.65. The Kier molecular flexibility index (Phi) is 7.30. The van der Waals surface area contributed by atoms with Crippen LogP contribution in [0.25, 0.3) is 6.08 Å². The fraction of sp³-hybridized carbons (Fsp3) is 0.692. The molecule has 5 aliphatic rings. The number of aromatic hydroxyl groups is 1. The highest BCUT2D eigenvalue weighted by molar-refractivity contribution is 5.87. The van der Waals surface area contributed by atoms with Crippen molar-refractivity contribution in [2.75, 3.05) is 0 Å². The molecular weight excluding hydrogens is 548 g/mol. The van der Waals surface area contributed by atoms with E-state index in [2.05, 4.69) is 54.5 Å². The Bertz CT molecular complexity index is 1390. The monoisotopic (exact) mass is 602 g/mol. The standard InChI is InChI=1S/C39H54O5/c1-34(2)20-22-39(33(42)43)23-21-37(6)27(28(39)24-34)13-14-30-36(5)18-17-31(35(3,4)29(36)16-19-38(30,37)7)44-32(41)15-10-25-8-11-26(40)12-9-25/h8-13,15,28-31,40H,14,16-24H2,1-7H3,(H,42,43). The number of benzene rings is 1. The number of ether oxygens (including phenoxy) is 1. The van der Waals surface area contributed by atoms with E-state index in [1.165, 1.54) is 11.6 Å². The summed E-state index contributed by atoms with van der Waals surface area (Å²) < 4.78 is 6.18. The number of carboxylic acid groups (broad SMARTS) is 1. The van der Waals surface area contributed by atoms with Gasteiger partial charge in [0.05, 0.1) is 5.41 Å². The van der Waals surface area contributed by atoms with Crippen LogP contribution in [-0.2, 0) is 14.3 Å². The largest absolute Gasteiger partial charge is 0.508 e. The molecule has 6 rings (SSSR count). The lowest BCUT2D eigenvalue weighted by Gasteiger charge is -2.71. The highest BCUT2D eigenvalue weighted by atomic mass is 16.5. The molecule has 1 aromatic rings. The van der Waals surface area contributed by atoms with Gasteiger partial charge < -0.3 is 14.9 Å². The van der Waals surface area contributed by atoms with E-state index in [9.17, 15) is 19.8 Å². The van der Waals surface area contributed by atoms with Gasteiger partial charge in [0, 0.05) is 11.5 Å². The molecular formula is C39H54O5. The van der Waals surface area contributed by atoms with Crippen LogP contribution in [0.5, 0.6) is 5.75 Å². The van der Waals surface area contributed by atoms with E-state index in [4.69, 9.17) is 4.74 Å². The molecule has 240 valence electrons. The molecule has 5 aliphatic carbocycles. The second kappa shape index (κ2) is 10.2. The predicted molar refractivity (Wildman–Crippen MR) is 174 cm³/mol. The van der Waals surface area contributed by atoms with E-state index in [0.29, 0.717) is 11.8 Å². The molecule has 0 radical (unpaired) electrons. The van der Waals surface area contributed by atoms with Gasteiger partial charge in [-0.1, -0.05) is 72.2 Å². The highest BCUT2D eigenvalue weighted by Gasteiger charge is 2.69. The number of phenolic OH excluding ortho intramolecular Hbond substituents is 1. The summed E-state index contributed by atoms with van der Waals surface area (Å²) >= 11 is 0. The first-order valence-electron chi connectivity index (χ1n) is 17.1. The lowest BCUT2D eigenvalue weighted by molar-refractivity contribution is -0.212. The number of carboxylic acids is 1. The minimum atomic E-state index is -0.605. The molecule has 5 nitrogen and oxygen atoms in total. The Morgan fingerprint density at radius 1 is 0.864 bits per heavy atom. The smallest absolute Gasteiger partial charge is 0.331 e. The normalized spacial score (nSPS) is 42.2. The van der Waals surface area contributed by atoms with Gasteiger partial charge in [-0.3, -0.25) is 4.79 Å². The van der Waals surface area contributed by atoms with Crippen LogP contribution in [0.1, 0.15) is 118 Å². The van der Waals surface area contributed by atoms with E-state index in [-0.39, 0.29) is 50.8 Å². The molecule has 0 amide bonds. The number of phenols is 1. The summed E-state index contributed by atoms with van der Waals surface area (Å²) in [5, 5.41) is 20.2. The van der Waals surface area contributed by atoms with Crippen LogP contribution < -0.4 is 0 Å². The van der Waals surface area contributed by atoms with Crippen LogP contribution in [0.3, 0.4) is 0 Å². The SMILES string of the molecule is CC1(C)CCC2(C(=O)O)CCC3(C)C(=CCC4C5(C)CCC(OC(=O)C=Cc6ccc(O)cc6)C(C)(C)C5CCC43C)C2C1. The lowest BCUT2D eigenvalue weighted by atomic mass is 9.33. The van der Waals surface area contributed by atoms with Crippen LogP contribution in [-0.4, -0.2) is 28.3 Å². The Balaban J connectivity index is 1.26. The first kappa shape index (κ1) is 31.4. The maximum Gasteiger partial charge on any atom is 0.331 e. The fourth-order valence-electron chi connectivity index (χ4n) is 11.7. The molecule has 0 saturated heterocycles. The Morgan fingerprint density at radius 2 is 1.55 bits per heavy atom. The van der Waals surface area contributed by atoms with E-state index in [1.54, 1.807) is 30.3 Å². The van der Waals surface area contributed by atoms with Crippen molar-refractivity contribution in [3.05, 3.63) is 47.6 Å². The number of hydrogen-bond donors (Lipinski definition) is 2. The van der Waals surface area contributed by atoms with Gasteiger partial charge in [0.25, 0.3) is 0 Å². The summed E-state index contributed by atoms with van der Waals surface area (Å²) in [6.07, 6.45) is 15.3. The van der Waals surface area contributed by atoms with E-state index < -0.39 is 11.4 Å². The molecule has 0 heterocycles. The van der Waals surface area contributed by atoms with Gasteiger partial charge >= 0.3 is 11.9 Å². The third kappa shape index (κ3) is 4.53. The number of fused-ring (bicyclic) bond motifs is 7. The Morgan fingerprint density at radius 3 is 2.23 bits per heavy atom. The van der Waals surface area contributed by atoms with Crippen molar-refractivity contribution in [3.8, 4) is 5.75 Å². The third-order valence-corrected chi connectivity index (χ3v) is 14.6. The van der Waals surface area contributed by atoms with Crippen LogP contribution in [0.2, 0.25) is 0 Å². The number of esters is 1. The highest BCUT2D eigenvalue weighted by Crippen LogP contribution is 2.75. The number of allylic oxidation sites excluding steroid dienone is 2. The maximum atomic E-state index is 13.0. The summed E-state index contributed by atoms with van der Waals surface area (Å²) in [6.45, 7) is 16.9. The van der Waals surface area contributed by atoms with E-state index >= 15 is 0 Å². The first-order valence-corrected chi connectivity index (χ1v) is 17.1. The summed E-state index contributed by atoms with van der Waals surface area (Å²) in [4.78, 5) is 25.9. The average molecular weight is 603 g/mol. The van der Waals surface area contributed by atoms with Gasteiger partial charge in [-0.15, -0.1) is 0 Å². The first-order chi connectivity index (χ1) is 20.5. The predicted octanol–water partition coefficient (Wildman–Crippen LogP) is 9.20. The van der Waals surface area contributed by atoms with Crippen molar-refractivity contribution in [1.82, 2.24) is 0 Å². The van der Waals surface area contributed by atoms with Crippen molar-refractivity contribution in [2.45, 2.75) is 119 Å². The quantitative estimate of drug-likeness (QED) is 0.204. The van der Waals surface area contributed by atoms with Crippen molar-refractivity contribution < 1.29 is 24.5 Å². The molecule has 2 N–H and O–H groups in total. The van der Waals surface area contributed by atoms with Gasteiger partial charge in [0.2, 0.25) is 0 Å². The van der Waals surface area contributed by atoms with Gasteiger partial charge in [-0.2, -0.15) is 0 Å². The van der Waals surface area contributed by atoms with Crippen molar-refractivity contribution in [2.24, 2.45) is 50.2 Å². The Labute approximate surface area is 264 Å². The summed E-state index contributed by atoms with van der Waals surface area (Å²) in [6, 6.07) is 6.79. The second-order valence-electron chi connectivity index (χ2n) is 17.4. The van der Waals surface area contributed by atoms with E-state index in [1.807, 2.05) is 0 Å². The topological polar surface area (TPSA) is 83.8 Å². The zero-order chi connectivity index (χ0) is 31.9. The van der Waals surface area contributed by atoms with Crippen LogP contribution in [0, 0.1) is 50.2 Å². The second-order valence-corrected chi connectivity index (χ2v) is 17.4. The van der Waals surface area contributed by atoms with Crippen molar-refractivity contribution in [1.29, 1.82) is 0 Å². The van der Waals surface area contributed by atoms with Crippen molar-refractivity contribution in [3.63, 3.8) is 0 Å². The Hall–Kier alpha value is -2.56. The molecule has 0 spiro atoms. The zero-order valence-corrected chi connectivity index (χ0v) is 28.0. The zero-order valence-electron chi connectivity index (χ0n) is 28.0. The number of rotatable bonds is 4. The van der Waals surface area contributed by atoms with Crippen LogP contribution >= 0.6 is 0 Å². The summed E-state index contributed by atoms with van der Waals surface area (Å²) in [5.41, 5.74) is 1.98. The number of carbonyl (C=O) groups is 2. The molecule has 0 aliphatic heterocycles. The van der Waals surface area contributed by atoms with Crippen molar-refractivity contribution >= 4 is 18.0 Å². The molecule has 0 aromatic heterocycles. The molecule has 4 saturated carbocycles. The molecule has 4 fully saturated rings. The molecule has 0 bridgehead atoms. The average Bonchev–Trinajstić information content (AvgIpc) is 2.94. The summed E-state index contributed by atoms with van der Waals surface area (Å²) in [7, 11) is 0. The van der Waals surface area contributed by atoms with E-state index in [0.717, 1.165) is 69.8 Å². The molecule has 8 atom stereocenters. The van der Waals surface area contributed by atoms with Crippen LogP contribution in [0.15, 0.2) is 42.0 Å². The van der Waals surface area contributed by atoms with Gasteiger partial charge in [-0.05, 0) is 127 Å². The molecule has 5 heteroatoms.